The first kappa shape index (κ1) is 19.2. The average molecular weight is 390 g/mol. The van der Waals surface area contributed by atoms with E-state index in [4.69, 9.17) is 4.74 Å². The summed E-state index contributed by atoms with van der Waals surface area (Å²) in [6.07, 6.45) is 4.14. The summed E-state index contributed by atoms with van der Waals surface area (Å²) in [6.45, 7) is 2.29. The zero-order valence-corrected chi connectivity index (χ0v) is 16.9. The average Bonchev–Trinajstić information content (AvgIpc) is 3.26. The second-order valence-corrected chi connectivity index (χ2v) is 7.79. The van der Waals surface area contributed by atoms with Crippen molar-refractivity contribution in [2.75, 3.05) is 7.11 Å². The van der Waals surface area contributed by atoms with Crippen molar-refractivity contribution in [2.45, 2.75) is 45.2 Å². The summed E-state index contributed by atoms with van der Waals surface area (Å²) in [4.78, 5) is 31.1. The molecule has 29 heavy (non-hydrogen) atoms. The molecule has 1 aliphatic carbocycles. The number of pyridine rings is 1. The zero-order valence-electron chi connectivity index (χ0n) is 16.9. The summed E-state index contributed by atoms with van der Waals surface area (Å²) < 4.78 is 5.41. The van der Waals surface area contributed by atoms with Crippen LogP contribution in [0.1, 0.15) is 47.2 Å². The van der Waals surface area contributed by atoms with Crippen molar-refractivity contribution in [1.82, 2.24) is 9.88 Å². The van der Waals surface area contributed by atoms with E-state index in [1.54, 1.807) is 19.2 Å². The third-order valence-electron chi connectivity index (χ3n) is 5.78. The van der Waals surface area contributed by atoms with E-state index in [1.807, 2.05) is 48.2 Å². The maximum absolute atomic E-state index is 13.5. The Morgan fingerprint density at radius 2 is 1.90 bits per heavy atom. The molecular weight excluding hydrogens is 364 g/mol. The van der Waals surface area contributed by atoms with Crippen molar-refractivity contribution in [1.29, 1.82) is 0 Å². The minimum atomic E-state index is -0.140. The highest BCUT2D eigenvalue weighted by Gasteiger charge is 2.29. The number of para-hydroxylation sites is 1. The molecule has 1 aromatic heterocycles. The standard InChI is InChI=1S/C24H26N2O3/c1-16-11-12-17-14-18(23(27)25-21(17)13-16)15-26(19-7-3-4-8-19)24(28)20-9-5-6-10-22(20)29-2/h5-6,9-14,19H,3-4,7-8,15H2,1-2H3,(H,25,27). The van der Waals surface area contributed by atoms with Crippen LogP contribution in [0.25, 0.3) is 10.9 Å². The van der Waals surface area contributed by atoms with Gasteiger partial charge in [0.1, 0.15) is 5.75 Å². The van der Waals surface area contributed by atoms with Gasteiger partial charge in [-0.15, -0.1) is 0 Å². The SMILES string of the molecule is COc1ccccc1C(=O)N(Cc1cc2ccc(C)cc2[nH]c1=O)C1CCCC1. The molecule has 1 saturated carbocycles. The van der Waals surface area contributed by atoms with E-state index in [0.29, 0.717) is 23.4 Å². The van der Waals surface area contributed by atoms with Gasteiger partial charge in [-0.05, 0) is 55.0 Å². The molecule has 2 aromatic carbocycles. The van der Waals surface area contributed by atoms with Gasteiger partial charge in [0.05, 0.1) is 19.2 Å². The van der Waals surface area contributed by atoms with Crippen LogP contribution in [0.5, 0.6) is 5.75 Å². The molecule has 1 N–H and O–H groups in total. The van der Waals surface area contributed by atoms with Gasteiger partial charge < -0.3 is 14.6 Å². The van der Waals surface area contributed by atoms with Gasteiger partial charge in [-0.1, -0.05) is 37.1 Å². The predicted octanol–water partition coefficient (Wildman–Crippen LogP) is 4.43. The Bertz CT molecular complexity index is 1100. The molecule has 150 valence electrons. The summed E-state index contributed by atoms with van der Waals surface area (Å²) in [5.41, 5.74) is 2.92. The molecule has 1 fully saturated rings. The number of aryl methyl sites for hydroxylation is 1. The van der Waals surface area contributed by atoms with E-state index in [9.17, 15) is 9.59 Å². The third kappa shape index (κ3) is 3.90. The van der Waals surface area contributed by atoms with Gasteiger partial charge in [0.25, 0.3) is 11.5 Å². The Labute approximate surface area is 170 Å². The third-order valence-corrected chi connectivity index (χ3v) is 5.78. The van der Waals surface area contributed by atoms with Gasteiger partial charge in [-0.2, -0.15) is 0 Å². The fourth-order valence-corrected chi connectivity index (χ4v) is 4.22. The van der Waals surface area contributed by atoms with Gasteiger partial charge >= 0.3 is 0 Å². The molecule has 0 aliphatic heterocycles. The first-order valence-electron chi connectivity index (χ1n) is 10.1. The van der Waals surface area contributed by atoms with E-state index < -0.39 is 0 Å². The summed E-state index contributed by atoms with van der Waals surface area (Å²) in [7, 11) is 1.57. The van der Waals surface area contributed by atoms with Crippen LogP contribution < -0.4 is 10.3 Å². The molecule has 0 radical (unpaired) electrons. The fourth-order valence-electron chi connectivity index (χ4n) is 4.22. The van der Waals surface area contributed by atoms with Crippen molar-refractivity contribution >= 4 is 16.8 Å². The predicted molar refractivity (Wildman–Crippen MR) is 114 cm³/mol. The molecule has 1 amide bonds. The second kappa shape index (κ2) is 8.11. The summed E-state index contributed by atoms with van der Waals surface area (Å²) >= 11 is 0. The molecule has 5 nitrogen and oxygen atoms in total. The van der Waals surface area contributed by atoms with Crippen LogP contribution in [-0.4, -0.2) is 28.9 Å². The molecule has 5 heteroatoms. The summed E-state index contributed by atoms with van der Waals surface area (Å²) in [5.74, 6) is 0.473. The molecule has 1 heterocycles. The van der Waals surface area contributed by atoms with Gasteiger partial charge in [0, 0.05) is 17.1 Å². The molecule has 3 aromatic rings. The fraction of sp³-hybridized carbons (Fsp3) is 0.333. The lowest BCUT2D eigenvalue weighted by molar-refractivity contribution is 0.0660. The zero-order chi connectivity index (χ0) is 20.4. The van der Waals surface area contributed by atoms with Crippen LogP contribution in [0.3, 0.4) is 0 Å². The van der Waals surface area contributed by atoms with Gasteiger partial charge in [-0.3, -0.25) is 9.59 Å². The Morgan fingerprint density at radius 3 is 2.66 bits per heavy atom. The van der Waals surface area contributed by atoms with Crippen LogP contribution >= 0.6 is 0 Å². The monoisotopic (exact) mass is 390 g/mol. The number of carbonyl (C=O) groups excluding carboxylic acids is 1. The number of hydrogen-bond acceptors (Lipinski definition) is 3. The van der Waals surface area contributed by atoms with Crippen LogP contribution in [-0.2, 0) is 6.54 Å². The van der Waals surface area contributed by atoms with E-state index in [0.717, 1.165) is 42.1 Å². The highest BCUT2D eigenvalue weighted by molar-refractivity contribution is 5.97. The number of ether oxygens (including phenoxy) is 1. The van der Waals surface area contributed by atoms with Gasteiger partial charge in [-0.25, -0.2) is 0 Å². The first-order valence-corrected chi connectivity index (χ1v) is 10.1. The number of aromatic amines is 1. The number of nitrogens with zero attached hydrogens (tertiary/aromatic N) is 1. The normalized spacial score (nSPS) is 14.3. The van der Waals surface area contributed by atoms with Gasteiger partial charge in [0.15, 0.2) is 0 Å². The Hall–Kier alpha value is -3.08. The van der Waals surface area contributed by atoms with Crippen molar-refractivity contribution in [3.05, 3.63) is 75.6 Å². The number of rotatable bonds is 5. The number of aromatic nitrogens is 1. The molecule has 4 rings (SSSR count). The molecular formula is C24H26N2O3. The van der Waals surface area contributed by atoms with E-state index in [-0.39, 0.29) is 17.5 Å². The lowest BCUT2D eigenvalue weighted by Gasteiger charge is -2.29. The number of nitrogens with one attached hydrogen (secondary N) is 1. The van der Waals surface area contributed by atoms with Crippen LogP contribution in [0.15, 0.2) is 53.3 Å². The van der Waals surface area contributed by atoms with E-state index >= 15 is 0 Å². The number of hydrogen-bond donors (Lipinski definition) is 1. The van der Waals surface area contributed by atoms with Crippen LogP contribution in [0, 0.1) is 6.92 Å². The Kier molecular flexibility index (Phi) is 5.38. The molecule has 0 atom stereocenters. The van der Waals surface area contributed by atoms with Crippen molar-refractivity contribution < 1.29 is 9.53 Å². The molecule has 1 aliphatic rings. The van der Waals surface area contributed by atoms with Gasteiger partial charge in [0.2, 0.25) is 0 Å². The van der Waals surface area contributed by atoms with Crippen molar-refractivity contribution in [2.24, 2.45) is 0 Å². The smallest absolute Gasteiger partial charge is 0.258 e. The number of methoxy groups -OCH3 is 1. The van der Waals surface area contributed by atoms with Crippen molar-refractivity contribution in [3.63, 3.8) is 0 Å². The molecule has 0 bridgehead atoms. The number of amides is 1. The lowest BCUT2D eigenvalue weighted by atomic mass is 10.1. The lowest BCUT2D eigenvalue weighted by Crippen LogP contribution is -2.39. The second-order valence-electron chi connectivity index (χ2n) is 7.79. The first-order chi connectivity index (χ1) is 14.1. The molecule has 0 unspecified atom stereocenters. The largest absolute Gasteiger partial charge is 0.496 e. The summed E-state index contributed by atoms with van der Waals surface area (Å²) in [6, 6.07) is 15.3. The Morgan fingerprint density at radius 1 is 1.14 bits per heavy atom. The maximum atomic E-state index is 13.5. The highest BCUT2D eigenvalue weighted by Crippen LogP contribution is 2.29. The summed E-state index contributed by atoms with van der Waals surface area (Å²) in [5, 5.41) is 0.973. The van der Waals surface area contributed by atoms with Crippen LogP contribution in [0.2, 0.25) is 0 Å². The topological polar surface area (TPSA) is 62.4 Å². The number of carbonyl (C=O) groups is 1. The molecule has 0 spiro atoms. The number of fused-ring (bicyclic) bond motifs is 1. The minimum Gasteiger partial charge on any atom is -0.496 e. The van der Waals surface area contributed by atoms with E-state index in [2.05, 4.69) is 4.98 Å². The number of H-pyrrole nitrogens is 1. The maximum Gasteiger partial charge on any atom is 0.258 e. The minimum absolute atomic E-state index is 0.0854. The number of benzene rings is 2. The quantitative estimate of drug-likeness (QED) is 0.701. The highest BCUT2D eigenvalue weighted by atomic mass is 16.5. The van der Waals surface area contributed by atoms with Crippen LogP contribution in [0.4, 0.5) is 0 Å². The molecule has 0 saturated heterocycles. The Balaban J connectivity index is 1.72. The van der Waals surface area contributed by atoms with E-state index in [1.165, 1.54) is 0 Å². The van der Waals surface area contributed by atoms with Crippen molar-refractivity contribution in [3.8, 4) is 5.75 Å².